The highest BCUT2D eigenvalue weighted by Crippen LogP contribution is 2.23. The molecule has 0 bridgehead atoms. The summed E-state index contributed by atoms with van der Waals surface area (Å²) in [4.78, 5) is 38.3. The molecule has 2 N–H and O–H groups in total. The second-order valence-electron chi connectivity index (χ2n) is 6.62. The molecule has 2 aliphatic rings. The van der Waals surface area contributed by atoms with Gasteiger partial charge in [0, 0.05) is 36.8 Å². The van der Waals surface area contributed by atoms with E-state index >= 15 is 0 Å². The van der Waals surface area contributed by atoms with Gasteiger partial charge in [-0.2, -0.15) is 0 Å². The zero-order valence-corrected chi connectivity index (χ0v) is 14.2. The summed E-state index contributed by atoms with van der Waals surface area (Å²) >= 11 is 0. The summed E-state index contributed by atoms with van der Waals surface area (Å²) in [5, 5.41) is 5.66. The van der Waals surface area contributed by atoms with Gasteiger partial charge in [0.05, 0.1) is 11.8 Å². The summed E-state index contributed by atoms with van der Waals surface area (Å²) in [6.45, 7) is 1.61. The summed E-state index contributed by atoms with van der Waals surface area (Å²) in [5.74, 6) is -0.395. The molecule has 0 unspecified atom stereocenters. The molecule has 2 aliphatic heterocycles. The minimum atomic E-state index is -0.148. The fourth-order valence-corrected chi connectivity index (χ4v) is 3.45. The largest absolute Gasteiger partial charge is 0.472 e. The molecule has 1 fully saturated rings. The lowest BCUT2D eigenvalue weighted by Crippen LogP contribution is -2.41. The summed E-state index contributed by atoms with van der Waals surface area (Å²) in [6, 6.07) is 7.03. The van der Waals surface area contributed by atoms with Gasteiger partial charge in [0.1, 0.15) is 6.26 Å². The van der Waals surface area contributed by atoms with E-state index in [2.05, 4.69) is 10.6 Å². The molecule has 26 heavy (non-hydrogen) atoms. The summed E-state index contributed by atoms with van der Waals surface area (Å²) in [5.41, 5.74) is 2.72. The quantitative estimate of drug-likeness (QED) is 0.883. The number of nitrogens with zero attached hydrogens (tertiary/aromatic N) is 1. The predicted molar refractivity (Wildman–Crippen MR) is 93.6 cm³/mol. The molecule has 0 spiro atoms. The maximum Gasteiger partial charge on any atom is 0.257 e. The number of hydrogen-bond acceptors (Lipinski definition) is 4. The summed E-state index contributed by atoms with van der Waals surface area (Å²) in [6.07, 6.45) is 4.14. The molecular formula is C19H19N3O4. The van der Waals surface area contributed by atoms with Crippen LogP contribution in [-0.2, 0) is 11.3 Å². The van der Waals surface area contributed by atoms with E-state index in [-0.39, 0.29) is 23.6 Å². The summed E-state index contributed by atoms with van der Waals surface area (Å²) in [7, 11) is 0. The van der Waals surface area contributed by atoms with Crippen LogP contribution >= 0.6 is 0 Å². The van der Waals surface area contributed by atoms with Crippen LogP contribution in [0.3, 0.4) is 0 Å². The molecule has 3 amide bonds. The molecule has 0 radical (unpaired) electrons. The molecule has 1 aromatic heterocycles. The number of furan rings is 1. The Hall–Kier alpha value is -3.09. The van der Waals surface area contributed by atoms with Crippen LogP contribution in [0.5, 0.6) is 0 Å². The fourth-order valence-electron chi connectivity index (χ4n) is 3.45. The molecule has 1 aromatic carbocycles. The third-order valence-corrected chi connectivity index (χ3v) is 4.98. The molecule has 134 valence electrons. The van der Waals surface area contributed by atoms with Crippen molar-refractivity contribution in [1.82, 2.24) is 10.2 Å². The number of rotatable bonds is 3. The number of amides is 3. The molecule has 3 heterocycles. The Morgan fingerprint density at radius 3 is 2.73 bits per heavy atom. The van der Waals surface area contributed by atoms with Crippen LogP contribution in [-0.4, -0.2) is 35.7 Å². The van der Waals surface area contributed by atoms with Gasteiger partial charge in [-0.1, -0.05) is 6.07 Å². The maximum absolute atomic E-state index is 12.5. The van der Waals surface area contributed by atoms with Crippen LogP contribution in [0, 0.1) is 5.92 Å². The van der Waals surface area contributed by atoms with Gasteiger partial charge in [-0.15, -0.1) is 0 Å². The molecule has 0 atom stereocenters. The van der Waals surface area contributed by atoms with Crippen molar-refractivity contribution >= 4 is 23.4 Å². The average Bonchev–Trinajstić information content (AvgIpc) is 3.32. The van der Waals surface area contributed by atoms with E-state index in [9.17, 15) is 14.4 Å². The lowest BCUT2D eigenvalue weighted by molar-refractivity contribution is -0.121. The van der Waals surface area contributed by atoms with Gasteiger partial charge in [0.25, 0.3) is 11.8 Å². The van der Waals surface area contributed by atoms with Crippen LogP contribution in [0.4, 0.5) is 5.69 Å². The number of nitrogens with one attached hydrogen (secondary N) is 2. The van der Waals surface area contributed by atoms with E-state index in [1.54, 1.807) is 17.0 Å². The molecule has 4 rings (SSSR count). The average molecular weight is 353 g/mol. The van der Waals surface area contributed by atoms with Gasteiger partial charge in [0.15, 0.2) is 0 Å². The highest BCUT2D eigenvalue weighted by molar-refractivity contribution is 6.01. The molecular weight excluding hydrogens is 334 g/mol. The van der Waals surface area contributed by atoms with Crippen LogP contribution in [0.15, 0.2) is 41.2 Å². The number of fused-ring (bicyclic) bond motifs is 1. The van der Waals surface area contributed by atoms with Crippen molar-refractivity contribution in [3.63, 3.8) is 0 Å². The molecule has 7 heteroatoms. The SMILES string of the molecule is O=C1NCc2ccc(NC(=O)C3CCN(C(=O)c4ccoc4)CC3)cc21. The van der Waals surface area contributed by atoms with E-state index in [1.165, 1.54) is 12.5 Å². The number of hydrogen-bond donors (Lipinski definition) is 2. The van der Waals surface area contributed by atoms with Gasteiger partial charge in [-0.25, -0.2) is 0 Å². The number of benzene rings is 1. The van der Waals surface area contributed by atoms with E-state index in [1.807, 2.05) is 12.1 Å². The first-order valence-corrected chi connectivity index (χ1v) is 8.65. The van der Waals surface area contributed by atoms with Crippen molar-refractivity contribution in [3.05, 3.63) is 53.5 Å². The normalized spacial score (nSPS) is 16.9. The predicted octanol–water partition coefficient (Wildman–Crippen LogP) is 2.01. The number of carbonyl (C=O) groups excluding carboxylic acids is 3. The van der Waals surface area contributed by atoms with Gasteiger partial charge in [0.2, 0.25) is 5.91 Å². The third-order valence-electron chi connectivity index (χ3n) is 4.98. The highest BCUT2D eigenvalue weighted by atomic mass is 16.3. The maximum atomic E-state index is 12.5. The fraction of sp³-hybridized carbons (Fsp3) is 0.316. The standard InChI is InChI=1S/C19H19N3O4/c23-17(21-15-2-1-13-10-20-18(24)16(13)9-15)12-3-6-22(7-4-12)19(25)14-5-8-26-11-14/h1-2,5,8-9,11-12H,3-4,6-7,10H2,(H,20,24)(H,21,23). The van der Waals surface area contributed by atoms with Crippen LogP contribution in [0.2, 0.25) is 0 Å². The van der Waals surface area contributed by atoms with Crippen LogP contribution in [0.25, 0.3) is 0 Å². The van der Waals surface area contributed by atoms with Gasteiger partial charge in [-0.05, 0) is 36.6 Å². The Balaban J connectivity index is 1.35. The number of anilines is 1. The third kappa shape index (κ3) is 3.08. The minimum Gasteiger partial charge on any atom is -0.472 e. The van der Waals surface area contributed by atoms with Crippen molar-refractivity contribution in [2.45, 2.75) is 19.4 Å². The number of piperidine rings is 1. The van der Waals surface area contributed by atoms with Gasteiger partial charge in [-0.3, -0.25) is 14.4 Å². The van der Waals surface area contributed by atoms with Crippen LogP contribution in [0.1, 0.15) is 39.1 Å². The lowest BCUT2D eigenvalue weighted by atomic mass is 9.95. The second kappa shape index (κ2) is 6.67. The first kappa shape index (κ1) is 16.4. The molecule has 1 saturated heterocycles. The van der Waals surface area contributed by atoms with E-state index in [0.717, 1.165) is 5.56 Å². The Bertz CT molecular complexity index is 852. The minimum absolute atomic E-state index is 0.0674. The Labute approximate surface area is 150 Å². The van der Waals surface area contributed by atoms with Gasteiger partial charge < -0.3 is 20.0 Å². The van der Waals surface area contributed by atoms with Crippen molar-refractivity contribution in [1.29, 1.82) is 0 Å². The first-order chi connectivity index (χ1) is 12.6. The highest BCUT2D eigenvalue weighted by Gasteiger charge is 2.28. The van der Waals surface area contributed by atoms with Crippen molar-refractivity contribution in [2.24, 2.45) is 5.92 Å². The smallest absolute Gasteiger partial charge is 0.257 e. The summed E-state index contributed by atoms with van der Waals surface area (Å²) < 4.78 is 4.95. The van der Waals surface area contributed by atoms with Crippen molar-refractivity contribution in [2.75, 3.05) is 18.4 Å². The Morgan fingerprint density at radius 1 is 1.19 bits per heavy atom. The molecule has 0 aliphatic carbocycles. The Morgan fingerprint density at radius 2 is 2.00 bits per heavy atom. The Kier molecular flexibility index (Phi) is 4.20. The second-order valence-corrected chi connectivity index (χ2v) is 6.62. The first-order valence-electron chi connectivity index (χ1n) is 8.65. The van der Waals surface area contributed by atoms with Crippen LogP contribution < -0.4 is 10.6 Å². The number of likely N-dealkylation sites (tertiary alicyclic amines) is 1. The van der Waals surface area contributed by atoms with E-state index < -0.39 is 0 Å². The van der Waals surface area contributed by atoms with E-state index in [4.69, 9.17) is 4.42 Å². The number of carbonyl (C=O) groups is 3. The lowest BCUT2D eigenvalue weighted by Gasteiger charge is -2.31. The zero-order chi connectivity index (χ0) is 18.1. The zero-order valence-electron chi connectivity index (χ0n) is 14.2. The molecule has 7 nitrogen and oxygen atoms in total. The molecule has 0 saturated carbocycles. The molecule has 2 aromatic rings. The van der Waals surface area contributed by atoms with Crippen molar-refractivity contribution in [3.8, 4) is 0 Å². The topological polar surface area (TPSA) is 91.7 Å². The van der Waals surface area contributed by atoms with E-state index in [0.29, 0.717) is 49.3 Å². The van der Waals surface area contributed by atoms with Gasteiger partial charge >= 0.3 is 0 Å². The van der Waals surface area contributed by atoms with Crippen molar-refractivity contribution < 1.29 is 18.8 Å². The monoisotopic (exact) mass is 353 g/mol.